The molecule has 2 aromatic rings. The smallest absolute Gasteiger partial charge is 0.257 e. The van der Waals surface area contributed by atoms with E-state index in [1.165, 1.54) is 5.39 Å². The summed E-state index contributed by atoms with van der Waals surface area (Å²) in [4.78, 5) is 17.0. The van der Waals surface area contributed by atoms with Gasteiger partial charge in [-0.25, -0.2) is 0 Å². The van der Waals surface area contributed by atoms with E-state index in [1.54, 1.807) is 0 Å². The molecule has 2 bridgehead atoms. The monoisotopic (exact) mass is 325 g/mol. The van der Waals surface area contributed by atoms with Crippen molar-refractivity contribution in [2.45, 2.75) is 6.04 Å². The van der Waals surface area contributed by atoms with Crippen LogP contribution in [0.5, 0.6) is 5.75 Å². The van der Waals surface area contributed by atoms with E-state index in [0.717, 1.165) is 43.9 Å². The molecular weight excluding hydrogens is 302 g/mol. The molecular formula is C19H23N3O2. The number of hydrogen-bond donors (Lipinski definition) is 1. The number of hydrogen-bond acceptors (Lipinski definition) is 4. The van der Waals surface area contributed by atoms with Crippen LogP contribution in [0.15, 0.2) is 42.5 Å². The molecule has 0 saturated carbocycles. The Hall–Kier alpha value is -2.11. The first-order valence-electron chi connectivity index (χ1n) is 8.63. The summed E-state index contributed by atoms with van der Waals surface area (Å²) in [6.45, 7) is 6.39. The first-order valence-corrected chi connectivity index (χ1v) is 8.63. The molecule has 0 aliphatic carbocycles. The van der Waals surface area contributed by atoms with Crippen LogP contribution in [0.25, 0.3) is 10.8 Å². The van der Waals surface area contributed by atoms with Gasteiger partial charge in [-0.05, 0) is 22.9 Å². The fourth-order valence-corrected chi connectivity index (χ4v) is 3.61. The van der Waals surface area contributed by atoms with Crippen LogP contribution in [0, 0.1) is 0 Å². The van der Waals surface area contributed by atoms with Crippen LogP contribution in [-0.4, -0.2) is 67.6 Å². The third kappa shape index (κ3) is 3.37. The van der Waals surface area contributed by atoms with Gasteiger partial charge in [-0.3, -0.25) is 14.6 Å². The average molecular weight is 325 g/mol. The van der Waals surface area contributed by atoms with Crippen LogP contribution in [0.3, 0.4) is 0 Å². The fourth-order valence-electron chi connectivity index (χ4n) is 3.61. The maximum atomic E-state index is 12.1. The standard InChI is InChI=1S/C19H23N3O2/c23-19(20-12-17-13-21-7-9-22(17)10-8-21)14-24-18-6-5-15-3-1-2-4-16(15)11-18/h1-6,11,17H,7-10,12-14H2,(H,20,23). The van der Waals surface area contributed by atoms with Crippen LogP contribution >= 0.6 is 0 Å². The third-order valence-corrected chi connectivity index (χ3v) is 5.02. The average Bonchev–Trinajstić information content (AvgIpc) is 2.65. The normalized spacial score (nSPS) is 25.6. The molecule has 0 radical (unpaired) electrons. The van der Waals surface area contributed by atoms with Crippen molar-refractivity contribution in [2.75, 3.05) is 45.9 Å². The number of carbonyl (C=O) groups is 1. The Morgan fingerprint density at radius 2 is 1.88 bits per heavy atom. The minimum absolute atomic E-state index is 0.0548. The summed E-state index contributed by atoms with van der Waals surface area (Å²) >= 11 is 0. The highest BCUT2D eigenvalue weighted by Gasteiger charge is 2.31. The molecule has 5 heteroatoms. The van der Waals surface area contributed by atoms with Crippen molar-refractivity contribution in [1.82, 2.24) is 15.1 Å². The predicted molar refractivity (Wildman–Crippen MR) is 94.3 cm³/mol. The van der Waals surface area contributed by atoms with Gasteiger partial charge in [0, 0.05) is 45.3 Å². The van der Waals surface area contributed by atoms with Gasteiger partial charge in [-0.2, -0.15) is 0 Å². The van der Waals surface area contributed by atoms with Gasteiger partial charge < -0.3 is 10.1 Å². The number of carbonyl (C=O) groups excluding carboxylic acids is 1. The summed E-state index contributed by atoms with van der Waals surface area (Å²) in [7, 11) is 0. The first-order chi connectivity index (χ1) is 11.8. The number of fused-ring (bicyclic) bond motifs is 4. The SMILES string of the molecule is O=C(COc1ccc2ccccc2c1)NCC1CN2CCN1CC2. The Balaban J connectivity index is 1.27. The molecule has 5 nitrogen and oxygen atoms in total. The summed E-state index contributed by atoms with van der Waals surface area (Å²) < 4.78 is 5.64. The van der Waals surface area contributed by atoms with Gasteiger partial charge in [0.2, 0.25) is 0 Å². The van der Waals surface area contributed by atoms with Gasteiger partial charge >= 0.3 is 0 Å². The third-order valence-electron chi connectivity index (χ3n) is 5.02. The summed E-state index contributed by atoms with van der Waals surface area (Å²) in [5.74, 6) is 0.677. The maximum Gasteiger partial charge on any atom is 0.257 e. The van der Waals surface area contributed by atoms with Crippen LogP contribution < -0.4 is 10.1 Å². The molecule has 126 valence electrons. The number of nitrogens with one attached hydrogen (secondary N) is 1. The number of amides is 1. The van der Waals surface area contributed by atoms with Gasteiger partial charge in [-0.15, -0.1) is 0 Å². The molecule has 3 heterocycles. The second-order valence-electron chi connectivity index (χ2n) is 6.59. The quantitative estimate of drug-likeness (QED) is 0.901. The van der Waals surface area contributed by atoms with Crippen LogP contribution in [-0.2, 0) is 4.79 Å². The lowest BCUT2D eigenvalue weighted by molar-refractivity contribution is -0.123. The number of ether oxygens (including phenoxy) is 1. The van der Waals surface area contributed by atoms with E-state index in [2.05, 4.69) is 21.2 Å². The minimum Gasteiger partial charge on any atom is -0.484 e. The molecule has 1 N–H and O–H groups in total. The summed E-state index contributed by atoms with van der Waals surface area (Å²) in [6.07, 6.45) is 0. The van der Waals surface area contributed by atoms with E-state index in [-0.39, 0.29) is 12.5 Å². The summed E-state index contributed by atoms with van der Waals surface area (Å²) in [6, 6.07) is 14.5. The largest absolute Gasteiger partial charge is 0.484 e. The number of benzene rings is 2. The van der Waals surface area contributed by atoms with Gasteiger partial charge in [-0.1, -0.05) is 30.3 Å². The summed E-state index contributed by atoms with van der Waals surface area (Å²) in [5.41, 5.74) is 0. The van der Waals surface area contributed by atoms with Crippen molar-refractivity contribution in [1.29, 1.82) is 0 Å². The molecule has 3 aliphatic rings. The minimum atomic E-state index is -0.0548. The fraction of sp³-hybridized carbons (Fsp3) is 0.421. The predicted octanol–water partition coefficient (Wildman–Crippen LogP) is 1.33. The number of nitrogens with zero attached hydrogens (tertiary/aromatic N) is 2. The lowest BCUT2D eigenvalue weighted by Crippen LogP contribution is -2.63. The molecule has 1 amide bonds. The van der Waals surface area contributed by atoms with Crippen molar-refractivity contribution < 1.29 is 9.53 Å². The molecule has 0 aromatic heterocycles. The van der Waals surface area contributed by atoms with E-state index in [1.807, 2.05) is 36.4 Å². The molecule has 1 atom stereocenters. The van der Waals surface area contributed by atoms with Crippen molar-refractivity contribution in [3.63, 3.8) is 0 Å². The Morgan fingerprint density at radius 1 is 1.08 bits per heavy atom. The topological polar surface area (TPSA) is 44.8 Å². The zero-order chi connectivity index (χ0) is 16.4. The van der Waals surface area contributed by atoms with Crippen LogP contribution in [0.2, 0.25) is 0 Å². The van der Waals surface area contributed by atoms with Crippen molar-refractivity contribution >= 4 is 16.7 Å². The lowest BCUT2D eigenvalue weighted by atomic mass is 10.1. The second kappa shape index (κ2) is 6.79. The Kier molecular flexibility index (Phi) is 4.36. The van der Waals surface area contributed by atoms with E-state index < -0.39 is 0 Å². The number of rotatable bonds is 5. The van der Waals surface area contributed by atoms with E-state index in [9.17, 15) is 4.79 Å². The lowest BCUT2D eigenvalue weighted by Gasteiger charge is -2.47. The zero-order valence-corrected chi connectivity index (χ0v) is 13.8. The Labute approximate surface area is 142 Å². The maximum absolute atomic E-state index is 12.1. The van der Waals surface area contributed by atoms with E-state index in [0.29, 0.717) is 12.6 Å². The zero-order valence-electron chi connectivity index (χ0n) is 13.8. The van der Waals surface area contributed by atoms with Gasteiger partial charge in [0.25, 0.3) is 5.91 Å². The van der Waals surface area contributed by atoms with Gasteiger partial charge in [0.1, 0.15) is 5.75 Å². The molecule has 3 aliphatic heterocycles. The van der Waals surface area contributed by atoms with Gasteiger partial charge in [0.05, 0.1) is 0 Å². The molecule has 5 rings (SSSR count). The van der Waals surface area contributed by atoms with Gasteiger partial charge in [0.15, 0.2) is 6.61 Å². The van der Waals surface area contributed by atoms with Crippen molar-refractivity contribution in [3.05, 3.63) is 42.5 Å². The summed E-state index contributed by atoms with van der Waals surface area (Å²) in [5, 5.41) is 5.31. The highest BCUT2D eigenvalue weighted by atomic mass is 16.5. The second-order valence-corrected chi connectivity index (χ2v) is 6.59. The van der Waals surface area contributed by atoms with Crippen LogP contribution in [0.1, 0.15) is 0 Å². The number of piperazine rings is 3. The highest BCUT2D eigenvalue weighted by Crippen LogP contribution is 2.20. The van der Waals surface area contributed by atoms with Crippen LogP contribution in [0.4, 0.5) is 0 Å². The molecule has 2 aromatic carbocycles. The van der Waals surface area contributed by atoms with E-state index >= 15 is 0 Å². The molecule has 0 spiro atoms. The first kappa shape index (κ1) is 15.4. The molecule has 3 saturated heterocycles. The Morgan fingerprint density at radius 3 is 2.62 bits per heavy atom. The van der Waals surface area contributed by atoms with Crippen molar-refractivity contribution in [3.8, 4) is 5.75 Å². The highest BCUT2D eigenvalue weighted by molar-refractivity contribution is 5.84. The van der Waals surface area contributed by atoms with E-state index in [4.69, 9.17) is 4.74 Å². The molecule has 1 unspecified atom stereocenters. The van der Waals surface area contributed by atoms with Crippen molar-refractivity contribution in [2.24, 2.45) is 0 Å². The molecule has 24 heavy (non-hydrogen) atoms. The Bertz CT molecular complexity index is 725. The molecule has 3 fully saturated rings.